The molecule has 1 saturated heterocycles. The number of carbonyl (C=O) groups is 1. The minimum atomic E-state index is -4.69. The molecule has 146 valence electrons. The van der Waals surface area contributed by atoms with Crippen LogP contribution in [0.2, 0.25) is 0 Å². The van der Waals surface area contributed by atoms with Crippen LogP contribution in [0.3, 0.4) is 0 Å². The third-order valence-electron chi connectivity index (χ3n) is 4.14. The van der Waals surface area contributed by atoms with Gasteiger partial charge >= 0.3 is 12.1 Å². The third kappa shape index (κ3) is 4.40. The van der Waals surface area contributed by atoms with Crippen LogP contribution in [0.5, 0.6) is 5.75 Å². The van der Waals surface area contributed by atoms with Gasteiger partial charge in [0.2, 0.25) is 11.7 Å². The highest BCUT2D eigenvalue weighted by molar-refractivity contribution is 5.81. The minimum Gasteiger partial charge on any atom is -0.488 e. The van der Waals surface area contributed by atoms with Crippen molar-refractivity contribution in [1.29, 1.82) is 0 Å². The summed E-state index contributed by atoms with van der Waals surface area (Å²) in [6.07, 6.45) is -4.18. The van der Waals surface area contributed by atoms with E-state index in [1.807, 2.05) is 20.8 Å². The van der Waals surface area contributed by atoms with Crippen molar-refractivity contribution in [3.8, 4) is 17.1 Å². The predicted molar refractivity (Wildman–Crippen MR) is 89.8 cm³/mol. The summed E-state index contributed by atoms with van der Waals surface area (Å²) >= 11 is 0. The Labute approximate surface area is 154 Å². The molecule has 1 fully saturated rings. The quantitative estimate of drug-likeness (QED) is 0.807. The van der Waals surface area contributed by atoms with E-state index < -0.39 is 17.5 Å². The van der Waals surface area contributed by atoms with E-state index in [9.17, 15) is 18.0 Å². The van der Waals surface area contributed by atoms with Gasteiger partial charge in [0, 0.05) is 23.9 Å². The summed E-state index contributed by atoms with van der Waals surface area (Å²) in [4.78, 5) is 17.5. The number of hydrogen-bond acceptors (Lipinski definition) is 5. The van der Waals surface area contributed by atoms with Crippen LogP contribution in [0.4, 0.5) is 13.2 Å². The number of aromatic nitrogens is 2. The second kappa shape index (κ2) is 6.86. The molecule has 0 spiro atoms. The standard InChI is InChI=1S/C18H20F3N3O3/c1-17(2,3)16(25)24-8-7-13(10-24)26-12-6-4-5-11(9-12)14-22-15(27-23-14)18(19,20)21/h4-6,9,13H,7-8,10H2,1-3H3. The molecule has 1 aliphatic rings. The van der Waals surface area contributed by atoms with E-state index in [4.69, 9.17) is 4.74 Å². The van der Waals surface area contributed by atoms with Gasteiger partial charge in [-0.2, -0.15) is 18.2 Å². The lowest BCUT2D eigenvalue weighted by atomic mass is 9.95. The normalized spacial score (nSPS) is 18.0. The molecule has 6 nitrogen and oxygen atoms in total. The lowest BCUT2D eigenvalue weighted by Gasteiger charge is -2.25. The zero-order valence-corrected chi connectivity index (χ0v) is 15.2. The van der Waals surface area contributed by atoms with Crippen molar-refractivity contribution in [2.24, 2.45) is 5.41 Å². The van der Waals surface area contributed by atoms with Gasteiger partial charge < -0.3 is 14.2 Å². The summed E-state index contributed by atoms with van der Waals surface area (Å²) in [5.74, 6) is -1.02. The average Bonchev–Trinajstić information content (AvgIpc) is 3.22. The van der Waals surface area contributed by atoms with Gasteiger partial charge in [-0.25, -0.2) is 0 Å². The first-order chi connectivity index (χ1) is 12.5. The van der Waals surface area contributed by atoms with E-state index in [-0.39, 0.29) is 17.8 Å². The van der Waals surface area contributed by atoms with E-state index in [0.29, 0.717) is 30.8 Å². The van der Waals surface area contributed by atoms with Gasteiger partial charge in [-0.05, 0) is 12.1 Å². The molecule has 9 heteroatoms. The molecule has 1 aromatic carbocycles. The lowest BCUT2D eigenvalue weighted by molar-refractivity contribution is -0.159. The first-order valence-electron chi connectivity index (χ1n) is 8.51. The molecule has 1 unspecified atom stereocenters. The molecule has 1 atom stereocenters. The summed E-state index contributed by atoms with van der Waals surface area (Å²) in [5.41, 5.74) is -0.101. The van der Waals surface area contributed by atoms with Crippen LogP contribution < -0.4 is 4.74 Å². The minimum absolute atomic E-state index is 0.0637. The largest absolute Gasteiger partial charge is 0.488 e. The Bertz CT molecular complexity index is 827. The summed E-state index contributed by atoms with van der Waals surface area (Å²) in [6.45, 7) is 6.69. The van der Waals surface area contributed by atoms with Crippen molar-refractivity contribution in [2.45, 2.75) is 39.5 Å². The number of likely N-dealkylation sites (tertiary alicyclic amines) is 1. The van der Waals surface area contributed by atoms with Crippen molar-refractivity contribution in [3.63, 3.8) is 0 Å². The summed E-state index contributed by atoms with van der Waals surface area (Å²) < 4.78 is 48.0. The SMILES string of the molecule is CC(C)(C)C(=O)N1CCC(Oc2cccc(-c3noc(C(F)(F)F)n3)c2)C1. The Hall–Kier alpha value is -2.58. The Morgan fingerprint density at radius 2 is 2.04 bits per heavy atom. The maximum Gasteiger partial charge on any atom is 0.471 e. The second-order valence-corrected chi connectivity index (χ2v) is 7.48. The fraction of sp³-hybridized carbons (Fsp3) is 0.500. The fourth-order valence-corrected chi connectivity index (χ4v) is 2.84. The Balaban J connectivity index is 1.68. The number of hydrogen-bond donors (Lipinski definition) is 0. The molecule has 1 amide bonds. The molecule has 0 aliphatic carbocycles. The van der Waals surface area contributed by atoms with Gasteiger partial charge in [-0.3, -0.25) is 4.79 Å². The smallest absolute Gasteiger partial charge is 0.471 e. The Kier molecular flexibility index (Phi) is 4.88. The fourth-order valence-electron chi connectivity index (χ4n) is 2.84. The number of ether oxygens (including phenoxy) is 1. The van der Waals surface area contributed by atoms with Gasteiger partial charge in [0.05, 0.1) is 6.54 Å². The van der Waals surface area contributed by atoms with Crippen molar-refractivity contribution in [3.05, 3.63) is 30.2 Å². The first-order valence-corrected chi connectivity index (χ1v) is 8.51. The number of nitrogens with zero attached hydrogens (tertiary/aromatic N) is 3. The molecule has 1 aromatic heterocycles. The van der Waals surface area contributed by atoms with Gasteiger partial charge in [0.25, 0.3) is 0 Å². The van der Waals surface area contributed by atoms with Crippen LogP contribution in [-0.4, -0.2) is 40.1 Å². The van der Waals surface area contributed by atoms with E-state index >= 15 is 0 Å². The number of carbonyl (C=O) groups excluding carboxylic acids is 1. The highest BCUT2D eigenvalue weighted by atomic mass is 19.4. The van der Waals surface area contributed by atoms with Crippen LogP contribution in [0.1, 0.15) is 33.1 Å². The summed E-state index contributed by atoms with van der Waals surface area (Å²) in [5, 5.41) is 3.37. The lowest BCUT2D eigenvalue weighted by Crippen LogP contribution is -2.38. The Morgan fingerprint density at radius 1 is 1.30 bits per heavy atom. The number of amides is 1. The molecule has 0 N–H and O–H groups in total. The van der Waals surface area contributed by atoms with Crippen molar-refractivity contribution in [1.82, 2.24) is 15.0 Å². The van der Waals surface area contributed by atoms with E-state index in [1.165, 1.54) is 0 Å². The molecule has 1 aliphatic heterocycles. The monoisotopic (exact) mass is 383 g/mol. The molecular formula is C18H20F3N3O3. The average molecular weight is 383 g/mol. The third-order valence-corrected chi connectivity index (χ3v) is 4.14. The molecule has 0 radical (unpaired) electrons. The molecule has 27 heavy (non-hydrogen) atoms. The highest BCUT2D eigenvalue weighted by Gasteiger charge is 2.38. The maximum atomic E-state index is 12.6. The molecule has 0 bridgehead atoms. The van der Waals surface area contributed by atoms with E-state index in [2.05, 4.69) is 14.7 Å². The molecule has 2 heterocycles. The van der Waals surface area contributed by atoms with E-state index in [1.54, 1.807) is 29.2 Å². The van der Waals surface area contributed by atoms with Crippen molar-refractivity contribution in [2.75, 3.05) is 13.1 Å². The second-order valence-electron chi connectivity index (χ2n) is 7.48. The zero-order chi connectivity index (χ0) is 19.8. The molecule has 3 rings (SSSR count). The number of rotatable bonds is 3. The van der Waals surface area contributed by atoms with Crippen molar-refractivity contribution < 1.29 is 27.2 Å². The van der Waals surface area contributed by atoms with Gasteiger partial charge in [-0.15, -0.1) is 0 Å². The van der Waals surface area contributed by atoms with Crippen LogP contribution >= 0.6 is 0 Å². The number of halogens is 3. The summed E-state index contributed by atoms with van der Waals surface area (Å²) in [6, 6.07) is 6.46. The van der Waals surface area contributed by atoms with Crippen LogP contribution in [0.15, 0.2) is 28.8 Å². The molecular weight excluding hydrogens is 363 g/mol. The number of benzene rings is 1. The highest BCUT2D eigenvalue weighted by Crippen LogP contribution is 2.31. The zero-order valence-electron chi connectivity index (χ0n) is 15.2. The predicted octanol–water partition coefficient (Wildman–Crippen LogP) is 3.78. The van der Waals surface area contributed by atoms with Crippen LogP contribution in [0, 0.1) is 5.41 Å². The molecule has 0 saturated carbocycles. The van der Waals surface area contributed by atoms with Gasteiger partial charge in [-0.1, -0.05) is 38.1 Å². The van der Waals surface area contributed by atoms with Crippen LogP contribution in [0.25, 0.3) is 11.4 Å². The van der Waals surface area contributed by atoms with Gasteiger partial charge in [0.15, 0.2) is 0 Å². The van der Waals surface area contributed by atoms with Gasteiger partial charge in [0.1, 0.15) is 11.9 Å². The Morgan fingerprint density at radius 3 is 2.67 bits per heavy atom. The first kappa shape index (κ1) is 19.2. The van der Waals surface area contributed by atoms with Crippen LogP contribution in [-0.2, 0) is 11.0 Å². The summed E-state index contributed by atoms with van der Waals surface area (Å²) in [7, 11) is 0. The maximum absolute atomic E-state index is 12.6. The number of alkyl halides is 3. The van der Waals surface area contributed by atoms with Crippen molar-refractivity contribution >= 4 is 5.91 Å². The van der Waals surface area contributed by atoms with E-state index in [0.717, 1.165) is 0 Å². The molecule has 2 aromatic rings. The topological polar surface area (TPSA) is 68.5 Å².